The van der Waals surface area contributed by atoms with Gasteiger partial charge in [-0.3, -0.25) is 5.84 Å². The van der Waals surface area contributed by atoms with Gasteiger partial charge in [-0.2, -0.15) is 3.22 Å². The van der Waals surface area contributed by atoms with E-state index in [0.717, 1.165) is 6.54 Å². The Morgan fingerprint density at radius 3 is 2.46 bits per heavy atom. The van der Waals surface area contributed by atoms with Gasteiger partial charge in [-0.15, -0.1) is 0 Å². The van der Waals surface area contributed by atoms with Crippen LogP contribution in [0.1, 0.15) is 6.42 Å². The minimum absolute atomic E-state index is 0.979. The average Bonchev–Trinajstić information content (AvgIpc) is 2.08. The van der Waals surface area contributed by atoms with Gasteiger partial charge in [0.1, 0.15) is 0 Å². The molecule has 5 heteroatoms. The molecule has 1 fully saturated rings. The lowest BCUT2D eigenvalue weighted by Gasteiger charge is -2.32. The Bertz CT molecular complexity index is 134. The minimum Gasteiger partial charge on any atom is -0.304 e. The van der Waals surface area contributed by atoms with Crippen LogP contribution in [0, 0.1) is 0 Å². The van der Waals surface area contributed by atoms with E-state index in [1.54, 1.807) is 3.22 Å². The molecule has 13 heavy (non-hydrogen) atoms. The number of halogens is 1. The molecule has 1 saturated heterocycles. The molecule has 1 heterocycles. The Kier molecular flexibility index (Phi) is 5.49. The molecule has 1 rings (SSSR count). The fourth-order valence-electron chi connectivity index (χ4n) is 1.52. The fourth-order valence-corrected chi connectivity index (χ4v) is 1.86. The molecule has 1 aliphatic rings. The minimum atomic E-state index is 0.979. The zero-order valence-electron chi connectivity index (χ0n) is 8.25. The van der Waals surface area contributed by atoms with Crippen molar-refractivity contribution < 1.29 is 0 Å². The van der Waals surface area contributed by atoms with Crippen molar-refractivity contribution in [1.29, 1.82) is 0 Å². The highest BCUT2D eigenvalue weighted by Crippen LogP contribution is 2.01. The maximum Gasteiger partial charge on any atom is 0.0364 e. The third-order valence-electron chi connectivity index (χ3n) is 2.44. The molecular weight excluding hydrogens is 279 g/mol. The monoisotopic (exact) mass is 298 g/mol. The van der Waals surface area contributed by atoms with Crippen LogP contribution in [0.25, 0.3) is 0 Å². The summed E-state index contributed by atoms with van der Waals surface area (Å²) in [5.41, 5.74) is 0. The lowest BCUT2D eigenvalue weighted by Crippen LogP contribution is -2.45. The van der Waals surface area contributed by atoms with Crippen LogP contribution in [0.15, 0.2) is 0 Å². The van der Waals surface area contributed by atoms with E-state index >= 15 is 0 Å². The molecule has 0 aliphatic carbocycles. The molecule has 78 valence electrons. The van der Waals surface area contributed by atoms with E-state index in [9.17, 15) is 0 Å². The SMILES string of the molecule is CN1CCN(CCCN(N)I)CC1. The zero-order chi connectivity index (χ0) is 9.68. The van der Waals surface area contributed by atoms with Crippen LogP contribution in [0.5, 0.6) is 0 Å². The maximum atomic E-state index is 5.52. The highest BCUT2D eigenvalue weighted by atomic mass is 127. The summed E-state index contributed by atoms with van der Waals surface area (Å²) in [4.78, 5) is 4.89. The summed E-state index contributed by atoms with van der Waals surface area (Å²) in [6.07, 6.45) is 1.17. The van der Waals surface area contributed by atoms with E-state index in [1.165, 1.54) is 39.1 Å². The molecule has 0 atom stereocenters. The van der Waals surface area contributed by atoms with Gasteiger partial charge in [0.05, 0.1) is 0 Å². The van der Waals surface area contributed by atoms with Gasteiger partial charge in [0.15, 0.2) is 0 Å². The van der Waals surface area contributed by atoms with E-state index in [4.69, 9.17) is 5.84 Å². The van der Waals surface area contributed by atoms with E-state index in [1.807, 2.05) is 0 Å². The molecule has 0 aromatic heterocycles. The van der Waals surface area contributed by atoms with Gasteiger partial charge in [-0.25, -0.2) is 0 Å². The van der Waals surface area contributed by atoms with Gasteiger partial charge in [0.25, 0.3) is 0 Å². The molecule has 0 saturated carbocycles. The summed E-state index contributed by atoms with van der Waals surface area (Å²) in [5.74, 6) is 5.52. The first kappa shape index (κ1) is 11.6. The summed E-state index contributed by atoms with van der Waals surface area (Å²) in [7, 11) is 2.18. The van der Waals surface area contributed by atoms with Gasteiger partial charge in [-0.05, 0) is 20.0 Å². The number of hydrogen-bond donors (Lipinski definition) is 1. The van der Waals surface area contributed by atoms with Crippen LogP contribution in [-0.2, 0) is 0 Å². The van der Waals surface area contributed by atoms with Crippen molar-refractivity contribution >= 4 is 22.9 Å². The van der Waals surface area contributed by atoms with Crippen molar-refractivity contribution in [3.63, 3.8) is 0 Å². The average molecular weight is 298 g/mol. The third kappa shape index (κ3) is 5.11. The second kappa shape index (κ2) is 6.13. The zero-order valence-corrected chi connectivity index (χ0v) is 10.4. The normalized spacial score (nSPS) is 21.2. The molecule has 2 N–H and O–H groups in total. The van der Waals surface area contributed by atoms with Crippen LogP contribution in [0.4, 0.5) is 0 Å². The molecule has 4 nitrogen and oxygen atoms in total. The predicted octanol–water partition coefficient (Wildman–Crippen LogP) is 0.150. The molecule has 0 amide bonds. The molecule has 1 aliphatic heterocycles. The summed E-state index contributed by atoms with van der Waals surface area (Å²) in [6.45, 7) is 7.00. The van der Waals surface area contributed by atoms with Crippen LogP contribution in [0.2, 0.25) is 0 Å². The Labute approximate surface area is 94.5 Å². The molecule has 0 spiro atoms. The quantitative estimate of drug-likeness (QED) is 0.347. The molecule has 0 aromatic carbocycles. The molecule has 0 aromatic rings. The number of nitrogens with zero attached hydrogens (tertiary/aromatic N) is 3. The smallest absolute Gasteiger partial charge is 0.0364 e. The first-order chi connectivity index (χ1) is 6.18. The van der Waals surface area contributed by atoms with E-state index < -0.39 is 0 Å². The Hall–Kier alpha value is 0.570. The van der Waals surface area contributed by atoms with Crippen molar-refractivity contribution in [2.24, 2.45) is 5.84 Å². The van der Waals surface area contributed by atoms with Crippen molar-refractivity contribution in [3.8, 4) is 0 Å². The van der Waals surface area contributed by atoms with Crippen molar-refractivity contribution in [2.75, 3.05) is 46.3 Å². The summed E-state index contributed by atoms with van der Waals surface area (Å²) < 4.78 is 1.73. The second-order valence-corrected chi connectivity index (χ2v) is 4.86. The van der Waals surface area contributed by atoms with Gasteiger partial charge in [-0.1, -0.05) is 0 Å². The Morgan fingerprint density at radius 1 is 1.31 bits per heavy atom. The van der Waals surface area contributed by atoms with Crippen molar-refractivity contribution in [1.82, 2.24) is 13.0 Å². The third-order valence-corrected chi connectivity index (χ3v) is 2.92. The van der Waals surface area contributed by atoms with Crippen LogP contribution >= 0.6 is 22.9 Å². The van der Waals surface area contributed by atoms with Gasteiger partial charge in [0.2, 0.25) is 0 Å². The second-order valence-electron chi connectivity index (χ2n) is 3.62. The van der Waals surface area contributed by atoms with Crippen LogP contribution in [-0.4, -0.2) is 59.3 Å². The number of piperazine rings is 1. The number of hydrogen-bond acceptors (Lipinski definition) is 4. The van der Waals surface area contributed by atoms with Crippen LogP contribution < -0.4 is 5.84 Å². The molecular formula is C8H19IN4. The van der Waals surface area contributed by atoms with Gasteiger partial charge in [0, 0.05) is 55.6 Å². The number of likely N-dealkylation sites (N-methyl/N-ethyl adjacent to an activating group) is 1. The highest BCUT2D eigenvalue weighted by Gasteiger charge is 2.12. The largest absolute Gasteiger partial charge is 0.304 e. The van der Waals surface area contributed by atoms with Crippen molar-refractivity contribution in [2.45, 2.75) is 6.42 Å². The molecule has 0 bridgehead atoms. The van der Waals surface area contributed by atoms with E-state index in [0.29, 0.717) is 0 Å². The fraction of sp³-hybridized carbons (Fsp3) is 1.00. The number of nitrogens with two attached hydrogens (primary N) is 1. The highest BCUT2D eigenvalue weighted by molar-refractivity contribution is 14.1. The predicted molar refractivity (Wildman–Crippen MR) is 63.5 cm³/mol. The summed E-state index contributed by atoms with van der Waals surface area (Å²) in [6, 6.07) is 0. The Morgan fingerprint density at radius 2 is 1.92 bits per heavy atom. The van der Waals surface area contributed by atoms with E-state index in [2.05, 4.69) is 39.7 Å². The topological polar surface area (TPSA) is 35.7 Å². The first-order valence-electron chi connectivity index (χ1n) is 4.77. The lowest BCUT2D eigenvalue weighted by atomic mass is 10.3. The van der Waals surface area contributed by atoms with E-state index in [-0.39, 0.29) is 0 Å². The first-order valence-corrected chi connectivity index (χ1v) is 5.74. The van der Waals surface area contributed by atoms with Crippen LogP contribution in [0.3, 0.4) is 0 Å². The van der Waals surface area contributed by atoms with Crippen molar-refractivity contribution in [3.05, 3.63) is 0 Å². The lowest BCUT2D eigenvalue weighted by molar-refractivity contribution is 0.151. The van der Waals surface area contributed by atoms with Gasteiger partial charge < -0.3 is 9.80 Å². The number of hydrazine groups is 1. The summed E-state index contributed by atoms with van der Waals surface area (Å²) >= 11 is 2.12. The molecule has 0 unspecified atom stereocenters. The maximum absolute atomic E-state index is 5.52. The molecule has 0 radical (unpaired) electrons. The van der Waals surface area contributed by atoms with Gasteiger partial charge >= 0.3 is 0 Å². The Balaban J connectivity index is 2.02. The number of rotatable bonds is 4. The standard InChI is InChI=1S/C8H19IN4/c1-11-5-7-12(8-6-11)3-2-4-13(9)10/h2-8,10H2,1H3. The summed E-state index contributed by atoms with van der Waals surface area (Å²) in [5, 5.41) is 0.